The van der Waals surface area contributed by atoms with E-state index in [1.165, 1.54) is 18.2 Å². The van der Waals surface area contributed by atoms with E-state index in [0.717, 1.165) is 0 Å². The molecule has 0 saturated carbocycles. The topological polar surface area (TPSA) is 55.4 Å². The van der Waals surface area contributed by atoms with E-state index >= 15 is 0 Å². The minimum atomic E-state index is -4.92. The van der Waals surface area contributed by atoms with E-state index in [0.29, 0.717) is 16.9 Å². The highest BCUT2D eigenvalue weighted by molar-refractivity contribution is 6.07. The van der Waals surface area contributed by atoms with Crippen molar-refractivity contribution >= 4 is 11.7 Å². The molecule has 1 aliphatic heterocycles. The van der Waals surface area contributed by atoms with Crippen molar-refractivity contribution in [2.75, 3.05) is 0 Å². The fraction of sp³-hybridized carbons (Fsp3) is 0.385. The first-order chi connectivity index (χ1) is 9.11. The van der Waals surface area contributed by atoms with Crippen LogP contribution in [-0.2, 0) is 11.3 Å². The zero-order valence-electron chi connectivity index (χ0n) is 10.8. The number of hydrogen-bond donors (Lipinski definition) is 1. The van der Waals surface area contributed by atoms with E-state index < -0.39 is 17.7 Å². The molecule has 1 N–H and O–H groups in total. The van der Waals surface area contributed by atoms with Crippen LogP contribution in [0.4, 0.5) is 13.2 Å². The first-order valence-electron chi connectivity index (χ1n) is 5.83. The molecule has 108 valence electrons. The molecule has 0 spiro atoms. The number of ether oxygens (including phenoxy) is 1. The number of carbonyl (C=O) groups is 2. The van der Waals surface area contributed by atoms with Crippen LogP contribution >= 0.6 is 0 Å². The summed E-state index contributed by atoms with van der Waals surface area (Å²) in [5, 5.41) is 1.75. The molecule has 0 aliphatic carbocycles. The molecule has 7 heteroatoms. The lowest BCUT2D eigenvalue weighted by Gasteiger charge is -2.14. The molecule has 1 amide bonds. The smallest absolute Gasteiger partial charge is 0.471 e. The summed E-state index contributed by atoms with van der Waals surface area (Å²) in [5.74, 6) is -1.86. The van der Waals surface area contributed by atoms with E-state index in [9.17, 15) is 22.8 Å². The summed E-state index contributed by atoms with van der Waals surface area (Å²) in [4.78, 5) is 22.7. The quantitative estimate of drug-likeness (QED) is 0.907. The largest absolute Gasteiger partial charge is 0.479 e. The number of alkyl halides is 3. The third-order valence-corrected chi connectivity index (χ3v) is 2.91. The van der Waals surface area contributed by atoms with Crippen molar-refractivity contribution in [2.45, 2.75) is 32.2 Å². The number of rotatable bonds is 2. The van der Waals surface area contributed by atoms with Crippen LogP contribution in [-0.4, -0.2) is 23.5 Å². The minimum absolute atomic E-state index is 0.239. The lowest BCUT2D eigenvalue weighted by molar-refractivity contribution is -0.173. The summed E-state index contributed by atoms with van der Waals surface area (Å²) < 4.78 is 41.6. The minimum Gasteiger partial charge on any atom is -0.479 e. The number of fused-ring (bicyclic) bond motifs is 1. The van der Waals surface area contributed by atoms with Crippen LogP contribution in [0.3, 0.4) is 0 Å². The molecule has 2 rings (SSSR count). The molecule has 0 bridgehead atoms. The van der Waals surface area contributed by atoms with Gasteiger partial charge in [0.1, 0.15) is 5.75 Å². The van der Waals surface area contributed by atoms with Crippen LogP contribution < -0.4 is 10.1 Å². The van der Waals surface area contributed by atoms with Crippen molar-refractivity contribution in [3.63, 3.8) is 0 Å². The summed E-state index contributed by atoms with van der Waals surface area (Å²) in [7, 11) is 0. The van der Waals surface area contributed by atoms with Gasteiger partial charge in [0.25, 0.3) is 0 Å². The molecule has 4 nitrogen and oxygen atoms in total. The Kier molecular flexibility index (Phi) is 3.23. The van der Waals surface area contributed by atoms with E-state index in [-0.39, 0.29) is 12.3 Å². The van der Waals surface area contributed by atoms with Crippen molar-refractivity contribution in [3.05, 3.63) is 29.3 Å². The van der Waals surface area contributed by atoms with Crippen molar-refractivity contribution < 1.29 is 27.5 Å². The maximum Gasteiger partial charge on any atom is 0.471 e. The van der Waals surface area contributed by atoms with Gasteiger partial charge in [-0.2, -0.15) is 13.2 Å². The average molecular weight is 287 g/mol. The molecule has 20 heavy (non-hydrogen) atoms. The average Bonchev–Trinajstić information content (AvgIpc) is 2.56. The summed E-state index contributed by atoms with van der Waals surface area (Å²) >= 11 is 0. The molecular weight excluding hydrogens is 275 g/mol. The lowest BCUT2D eigenvalue weighted by atomic mass is 9.98. The lowest BCUT2D eigenvalue weighted by Crippen LogP contribution is -2.36. The normalized spacial score (nSPS) is 16.6. The maximum atomic E-state index is 12.0. The summed E-state index contributed by atoms with van der Waals surface area (Å²) in [6.45, 7) is 2.92. The van der Waals surface area contributed by atoms with Crippen LogP contribution in [0.2, 0.25) is 0 Å². The fourth-order valence-corrected chi connectivity index (χ4v) is 1.88. The highest BCUT2D eigenvalue weighted by atomic mass is 19.4. The number of amides is 1. The second-order valence-electron chi connectivity index (χ2n) is 4.95. The van der Waals surface area contributed by atoms with E-state index in [1.54, 1.807) is 19.2 Å². The van der Waals surface area contributed by atoms with Gasteiger partial charge < -0.3 is 10.1 Å². The van der Waals surface area contributed by atoms with Gasteiger partial charge in [-0.25, -0.2) is 0 Å². The molecule has 0 unspecified atom stereocenters. The van der Waals surface area contributed by atoms with Gasteiger partial charge in [0.2, 0.25) is 5.78 Å². The highest BCUT2D eigenvalue weighted by Gasteiger charge is 2.40. The van der Waals surface area contributed by atoms with Crippen LogP contribution in [0.25, 0.3) is 0 Å². The van der Waals surface area contributed by atoms with Crippen molar-refractivity contribution in [3.8, 4) is 5.75 Å². The number of benzene rings is 1. The molecule has 1 aliphatic rings. The number of nitrogens with one attached hydrogen (secondary N) is 1. The monoisotopic (exact) mass is 287 g/mol. The number of hydrogen-bond acceptors (Lipinski definition) is 3. The first kappa shape index (κ1) is 14.4. The van der Waals surface area contributed by atoms with Crippen LogP contribution in [0.15, 0.2) is 18.2 Å². The third kappa shape index (κ3) is 2.61. The molecule has 0 fully saturated rings. The van der Waals surface area contributed by atoms with Gasteiger partial charge >= 0.3 is 12.1 Å². The summed E-state index contributed by atoms with van der Waals surface area (Å²) in [6.07, 6.45) is -4.92. The predicted octanol–water partition coefficient (Wildman–Crippen LogP) is 2.22. The molecular formula is C13H12F3NO3. The Morgan fingerprint density at radius 2 is 2.00 bits per heavy atom. The summed E-state index contributed by atoms with van der Waals surface area (Å²) in [6, 6.07) is 4.45. The second-order valence-corrected chi connectivity index (χ2v) is 4.95. The molecule has 1 aromatic rings. The molecule has 0 saturated heterocycles. The van der Waals surface area contributed by atoms with Crippen molar-refractivity contribution in [2.24, 2.45) is 0 Å². The van der Waals surface area contributed by atoms with Gasteiger partial charge in [-0.15, -0.1) is 0 Å². The van der Waals surface area contributed by atoms with Crippen molar-refractivity contribution in [1.82, 2.24) is 5.32 Å². The zero-order chi connectivity index (χ0) is 15.1. The molecule has 1 aromatic carbocycles. The number of ketones is 1. The SMILES string of the molecule is CC1(C)Oc2ccc(CNC(=O)C(F)(F)F)cc2C1=O. The van der Waals surface area contributed by atoms with Gasteiger partial charge in [0.05, 0.1) is 5.56 Å². The van der Waals surface area contributed by atoms with E-state index in [2.05, 4.69) is 0 Å². The fourth-order valence-electron chi connectivity index (χ4n) is 1.88. The number of Topliss-reactive ketones (excluding diaryl/α,β-unsaturated/α-hetero) is 1. The first-order valence-corrected chi connectivity index (χ1v) is 5.83. The Bertz CT molecular complexity index is 579. The molecule has 0 aromatic heterocycles. The summed E-state index contributed by atoms with van der Waals surface area (Å²) in [5.41, 5.74) is -0.263. The zero-order valence-corrected chi connectivity index (χ0v) is 10.8. The Morgan fingerprint density at radius 1 is 1.35 bits per heavy atom. The van der Waals surface area contributed by atoms with Crippen LogP contribution in [0.5, 0.6) is 5.75 Å². The van der Waals surface area contributed by atoms with Crippen LogP contribution in [0.1, 0.15) is 29.8 Å². The van der Waals surface area contributed by atoms with Gasteiger partial charge in [-0.05, 0) is 31.5 Å². The Hall–Kier alpha value is -2.05. The number of halogens is 3. The standard InChI is InChI=1S/C13H12F3NO3/c1-12(2)10(18)8-5-7(3-4-9(8)20-12)6-17-11(19)13(14,15)16/h3-5H,6H2,1-2H3,(H,17,19). The Balaban J connectivity index is 2.13. The number of carbonyl (C=O) groups excluding carboxylic acids is 2. The third-order valence-electron chi connectivity index (χ3n) is 2.91. The van der Waals surface area contributed by atoms with E-state index in [1.807, 2.05) is 0 Å². The van der Waals surface area contributed by atoms with Crippen LogP contribution in [0, 0.1) is 0 Å². The molecule has 0 atom stereocenters. The maximum absolute atomic E-state index is 12.0. The van der Waals surface area contributed by atoms with Gasteiger partial charge in [0.15, 0.2) is 5.60 Å². The second kappa shape index (κ2) is 4.50. The van der Waals surface area contributed by atoms with E-state index in [4.69, 9.17) is 4.74 Å². The highest BCUT2D eigenvalue weighted by Crippen LogP contribution is 2.35. The predicted molar refractivity (Wildman–Crippen MR) is 63.4 cm³/mol. The van der Waals surface area contributed by atoms with Gasteiger partial charge in [-0.3, -0.25) is 9.59 Å². The Morgan fingerprint density at radius 3 is 2.60 bits per heavy atom. The molecule has 1 heterocycles. The van der Waals surface area contributed by atoms with Gasteiger partial charge in [-0.1, -0.05) is 6.07 Å². The van der Waals surface area contributed by atoms with Crippen molar-refractivity contribution in [1.29, 1.82) is 0 Å². The molecule has 0 radical (unpaired) electrons. The Labute approximate surface area is 112 Å². The van der Waals surface area contributed by atoms with Gasteiger partial charge in [0, 0.05) is 6.54 Å².